The van der Waals surface area contributed by atoms with Crippen LogP contribution in [0.1, 0.15) is 17.3 Å². The van der Waals surface area contributed by atoms with Crippen LogP contribution in [0.4, 0.5) is 27.6 Å². The summed E-state index contributed by atoms with van der Waals surface area (Å²) in [6.45, 7) is 1.09. The molecule has 1 aliphatic rings. The highest BCUT2D eigenvalue weighted by Crippen LogP contribution is 2.41. The standard InChI is InChI=1S/C13H10F5N3O5/c1-7-6-11(23,12(14,15)26-13(16,17)18)20(19-7)10(22)8-3-2-4-9(5-8)21(24)25/h2-6,19,23H,1H3/t11-/m0/s1. The van der Waals surface area contributed by atoms with Crippen LogP contribution in [0.5, 0.6) is 0 Å². The van der Waals surface area contributed by atoms with E-state index in [2.05, 4.69) is 4.74 Å². The summed E-state index contributed by atoms with van der Waals surface area (Å²) in [5.74, 6) is -1.45. The fourth-order valence-electron chi connectivity index (χ4n) is 2.18. The van der Waals surface area contributed by atoms with Crippen LogP contribution in [-0.2, 0) is 4.74 Å². The lowest BCUT2D eigenvalue weighted by Gasteiger charge is -2.37. The number of rotatable bonds is 4. The Labute approximate surface area is 141 Å². The highest BCUT2D eigenvalue weighted by Gasteiger charge is 2.65. The van der Waals surface area contributed by atoms with Gasteiger partial charge in [-0.05, 0) is 19.1 Å². The fourth-order valence-corrected chi connectivity index (χ4v) is 2.18. The molecule has 1 aromatic rings. The van der Waals surface area contributed by atoms with Crippen molar-refractivity contribution in [3.05, 3.63) is 51.7 Å². The first-order chi connectivity index (χ1) is 11.8. The van der Waals surface area contributed by atoms with Gasteiger partial charge in [0.05, 0.1) is 4.92 Å². The highest BCUT2D eigenvalue weighted by atomic mass is 19.4. The van der Waals surface area contributed by atoms with Gasteiger partial charge in [-0.3, -0.25) is 20.3 Å². The largest absolute Gasteiger partial charge is 0.527 e. The van der Waals surface area contributed by atoms with Crippen LogP contribution >= 0.6 is 0 Å². The Bertz CT molecular complexity index is 782. The molecule has 0 aliphatic carbocycles. The summed E-state index contributed by atoms with van der Waals surface area (Å²) in [6.07, 6.45) is -10.8. The van der Waals surface area contributed by atoms with E-state index in [1.54, 1.807) is 0 Å². The van der Waals surface area contributed by atoms with Crippen molar-refractivity contribution < 1.29 is 41.5 Å². The Kier molecular flexibility index (Phi) is 4.64. The number of nitrogens with zero attached hydrogens (tertiary/aromatic N) is 2. The molecule has 2 N–H and O–H groups in total. The lowest BCUT2D eigenvalue weighted by Crippen LogP contribution is -2.63. The number of allylic oxidation sites excluding steroid dienone is 1. The number of nitro groups is 1. The van der Waals surface area contributed by atoms with E-state index in [1.807, 2.05) is 5.43 Å². The molecule has 0 aromatic heterocycles. The van der Waals surface area contributed by atoms with Gasteiger partial charge >= 0.3 is 12.5 Å². The van der Waals surface area contributed by atoms with Crippen LogP contribution in [-0.4, -0.2) is 39.1 Å². The molecule has 0 saturated heterocycles. The average molecular weight is 383 g/mol. The van der Waals surface area contributed by atoms with Gasteiger partial charge in [0.25, 0.3) is 17.3 Å². The Morgan fingerprint density at radius 3 is 2.50 bits per heavy atom. The van der Waals surface area contributed by atoms with Crippen LogP contribution in [0, 0.1) is 10.1 Å². The second kappa shape index (κ2) is 6.17. The number of carbonyl (C=O) groups excluding carboxylic acids is 1. The molecule has 1 aliphatic heterocycles. The summed E-state index contributed by atoms with van der Waals surface area (Å²) in [5.41, 5.74) is -3.24. The predicted octanol–water partition coefficient (Wildman–Crippen LogP) is 2.28. The molecule has 1 amide bonds. The van der Waals surface area contributed by atoms with Crippen LogP contribution < -0.4 is 5.43 Å². The van der Waals surface area contributed by atoms with E-state index in [-0.39, 0.29) is 16.8 Å². The number of aliphatic hydroxyl groups is 1. The van der Waals surface area contributed by atoms with Gasteiger partial charge in [-0.25, -0.2) is 9.75 Å². The number of hydrogen-bond acceptors (Lipinski definition) is 6. The van der Waals surface area contributed by atoms with Crippen molar-refractivity contribution in [2.75, 3.05) is 0 Å². The van der Waals surface area contributed by atoms with Crippen molar-refractivity contribution in [3.63, 3.8) is 0 Å². The first-order valence-electron chi connectivity index (χ1n) is 6.69. The third-order valence-electron chi connectivity index (χ3n) is 3.23. The molecule has 0 bridgehead atoms. The maximum Gasteiger partial charge on any atom is 0.527 e. The zero-order valence-corrected chi connectivity index (χ0v) is 12.8. The van der Waals surface area contributed by atoms with E-state index in [9.17, 15) is 42.0 Å². The van der Waals surface area contributed by atoms with E-state index in [4.69, 9.17) is 0 Å². The lowest BCUT2D eigenvalue weighted by molar-refractivity contribution is -0.463. The van der Waals surface area contributed by atoms with Crippen LogP contribution in [0.2, 0.25) is 0 Å². The molecule has 0 unspecified atom stereocenters. The summed E-state index contributed by atoms with van der Waals surface area (Å²) in [5, 5.41) is 20.6. The van der Waals surface area contributed by atoms with Crippen molar-refractivity contribution in [1.29, 1.82) is 0 Å². The van der Waals surface area contributed by atoms with Gasteiger partial charge < -0.3 is 5.11 Å². The average Bonchev–Trinajstić information content (AvgIpc) is 2.81. The summed E-state index contributed by atoms with van der Waals surface area (Å²) in [7, 11) is 0. The number of non-ortho nitro benzene ring substituents is 1. The number of nitrogens with one attached hydrogen (secondary N) is 1. The van der Waals surface area contributed by atoms with Crippen molar-refractivity contribution in [2.45, 2.75) is 25.1 Å². The third kappa shape index (κ3) is 3.57. The molecule has 26 heavy (non-hydrogen) atoms. The summed E-state index contributed by atoms with van der Waals surface area (Å²) >= 11 is 0. The van der Waals surface area contributed by atoms with Crippen molar-refractivity contribution >= 4 is 11.6 Å². The lowest BCUT2D eigenvalue weighted by atomic mass is 10.1. The van der Waals surface area contributed by atoms with Gasteiger partial charge in [-0.2, -0.15) is 8.78 Å². The van der Waals surface area contributed by atoms with Crippen LogP contribution in [0.3, 0.4) is 0 Å². The van der Waals surface area contributed by atoms with Gasteiger partial charge in [0.2, 0.25) is 0 Å². The molecular weight excluding hydrogens is 373 g/mol. The molecule has 1 aromatic carbocycles. The number of benzene rings is 1. The topological polar surface area (TPSA) is 105 Å². The first kappa shape index (κ1) is 19.5. The molecule has 2 rings (SSSR count). The minimum absolute atomic E-state index is 0.201. The smallest absolute Gasteiger partial charge is 0.359 e. The van der Waals surface area contributed by atoms with E-state index >= 15 is 0 Å². The second-order valence-corrected chi connectivity index (χ2v) is 5.18. The zero-order chi connectivity index (χ0) is 19.9. The van der Waals surface area contributed by atoms with Gasteiger partial charge in [0, 0.05) is 23.4 Å². The molecule has 0 saturated carbocycles. The summed E-state index contributed by atoms with van der Waals surface area (Å²) < 4.78 is 67.2. The molecule has 13 heteroatoms. The fraction of sp³-hybridized carbons (Fsp3) is 0.308. The third-order valence-corrected chi connectivity index (χ3v) is 3.23. The number of hydrazine groups is 1. The number of nitro benzene ring substituents is 1. The quantitative estimate of drug-likeness (QED) is 0.470. The van der Waals surface area contributed by atoms with E-state index < -0.39 is 40.3 Å². The van der Waals surface area contributed by atoms with Gasteiger partial charge in [-0.15, -0.1) is 13.2 Å². The SMILES string of the molecule is CC1=C[C@](O)(C(F)(F)OC(F)(F)F)N(C(=O)c2cccc([N+](=O)[O-])c2)N1. The summed E-state index contributed by atoms with van der Waals surface area (Å²) in [6, 6.07) is 3.77. The molecule has 0 radical (unpaired) electrons. The predicted molar refractivity (Wildman–Crippen MR) is 73.2 cm³/mol. The minimum Gasteiger partial charge on any atom is -0.359 e. The Hall–Kier alpha value is -2.80. The van der Waals surface area contributed by atoms with Crippen molar-refractivity contribution in [1.82, 2.24) is 10.4 Å². The first-order valence-corrected chi connectivity index (χ1v) is 6.69. The van der Waals surface area contributed by atoms with E-state index in [1.165, 1.54) is 0 Å². The number of hydrogen-bond donors (Lipinski definition) is 2. The molecule has 1 heterocycles. The van der Waals surface area contributed by atoms with E-state index in [0.29, 0.717) is 6.07 Å². The molecule has 0 spiro atoms. The molecule has 8 nitrogen and oxygen atoms in total. The van der Waals surface area contributed by atoms with Crippen molar-refractivity contribution in [2.24, 2.45) is 0 Å². The second-order valence-electron chi connectivity index (χ2n) is 5.18. The number of carbonyl (C=O) groups is 1. The van der Waals surface area contributed by atoms with Crippen molar-refractivity contribution in [3.8, 4) is 0 Å². The van der Waals surface area contributed by atoms with Gasteiger partial charge in [-0.1, -0.05) is 6.07 Å². The maximum atomic E-state index is 13.9. The Morgan fingerprint density at radius 1 is 1.35 bits per heavy atom. The molecular formula is C13H10F5N3O5. The van der Waals surface area contributed by atoms with Crippen LogP contribution in [0.25, 0.3) is 0 Å². The molecule has 1 atom stereocenters. The number of alkyl halides is 5. The van der Waals surface area contributed by atoms with Gasteiger partial charge in [0.1, 0.15) is 0 Å². The Balaban J connectivity index is 2.43. The molecule has 142 valence electrons. The van der Waals surface area contributed by atoms with Crippen LogP contribution in [0.15, 0.2) is 36.0 Å². The normalized spacial score (nSPS) is 20.6. The van der Waals surface area contributed by atoms with Gasteiger partial charge in [0.15, 0.2) is 0 Å². The Morgan fingerprint density at radius 2 is 1.96 bits per heavy atom. The maximum absolute atomic E-state index is 13.9. The minimum atomic E-state index is -5.82. The highest BCUT2D eigenvalue weighted by molar-refractivity contribution is 5.95. The van der Waals surface area contributed by atoms with E-state index in [0.717, 1.165) is 25.1 Å². The molecule has 0 fully saturated rings. The number of amides is 1. The number of ether oxygens (including phenoxy) is 1. The summed E-state index contributed by atoms with van der Waals surface area (Å²) in [4.78, 5) is 22.2. The zero-order valence-electron chi connectivity index (χ0n) is 12.8. The monoisotopic (exact) mass is 383 g/mol. The number of halogens is 5.